The van der Waals surface area contributed by atoms with Gasteiger partial charge in [-0.1, -0.05) is 109 Å². The molecule has 218 valence electrons. The normalized spacial score (nSPS) is 18.0. The van der Waals surface area contributed by atoms with E-state index in [4.69, 9.17) is 9.31 Å². The van der Waals surface area contributed by atoms with Crippen LogP contribution in [0.1, 0.15) is 49.9 Å². The minimum atomic E-state index is -0.498. The third-order valence-electron chi connectivity index (χ3n) is 10.7. The molecule has 0 atom stereocenters. The van der Waals surface area contributed by atoms with Crippen LogP contribution in [0.2, 0.25) is 0 Å². The number of benzene rings is 6. The van der Waals surface area contributed by atoms with E-state index in [1.807, 2.05) is 0 Å². The van der Waals surface area contributed by atoms with Gasteiger partial charge in [0.15, 0.2) is 0 Å². The lowest BCUT2D eigenvalue weighted by molar-refractivity contribution is 0.00578. The lowest BCUT2D eigenvalue weighted by Gasteiger charge is -2.45. The van der Waals surface area contributed by atoms with E-state index in [0.29, 0.717) is 0 Å². The zero-order valence-corrected chi connectivity index (χ0v) is 26.0. The average Bonchev–Trinajstić information content (AvgIpc) is 3.48. The number of rotatable bonds is 2. The highest BCUT2D eigenvalue weighted by atomic mass is 16.7. The maximum Gasteiger partial charge on any atom is 0.494 e. The average molecular weight is 584 g/mol. The summed E-state index contributed by atoms with van der Waals surface area (Å²) in [6, 6.07) is 49.0. The summed E-state index contributed by atoms with van der Waals surface area (Å²) in [6.07, 6.45) is 0. The number of hydrogen-bond acceptors (Lipinski definition) is 3. The minimum absolute atomic E-state index is 0.412. The van der Waals surface area contributed by atoms with Crippen molar-refractivity contribution in [2.75, 3.05) is 4.90 Å². The summed E-state index contributed by atoms with van der Waals surface area (Å²) in [6.45, 7) is 8.47. The van der Waals surface area contributed by atoms with Crippen LogP contribution in [0.5, 0.6) is 0 Å². The summed E-state index contributed by atoms with van der Waals surface area (Å²) in [5, 5.41) is 2.50. The first-order valence-electron chi connectivity index (χ1n) is 15.9. The second kappa shape index (κ2) is 9.20. The molecule has 0 saturated carbocycles. The molecule has 6 aromatic carbocycles. The standard InChI is InChI=1S/C41H34BNO2/c1-39(2)40(3,4)45-42(44-39)28-23-25-32-31(26-28)38-30-17-9-8-14-27(30)22-24-35(38)41(32)33-18-10-12-20-36(33)43(29-15-6-5-7-16-29)37-21-13-11-19-34(37)41/h5-26H,1-4H3. The molecule has 0 radical (unpaired) electrons. The van der Waals surface area contributed by atoms with Gasteiger partial charge < -0.3 is 14.2 Å². The molecule has 45 heavy (non-hydrogen) atoms. The van der Waals surface area contributed by atoms with Gasteiger partial charge in [-0.25, -0.2) is 0 Å². The van der Waals surface area contributed by atoms with Gasteiger partial charge in [0.25, 0.3) is 0 Å². The van der Waals surface area contributed by atoms with Crippen molar-refractivity contribution in [3.63, 3.8) is 0 Å². The van der Waals surface area contributed by atoms with Gasteiger partial charge in [-0.05, 0) is 102 Å². The summed E-state index contributed by atoms with van der Waals surface area (Å²) >= 11 is 0. The molecule has 0 bridgehead atoms. The Morgan fingerprint density at radius 3 is 1.80 bits per heavy atom. The van der Waals surface area contributed by atoms with Gasteiger partial charge in [0.2, 0.25) is 0 Å². The molecule has 9 rings (SSSR count). The van der Waals surface area contributed by atoms with Crippen molar-refractivity contribution in [2.45, 2.75) is 44.3 Å². The van der Waals surface area contributed by atoms with Crippen molar-refractivity contribution in [3.8, 4) is 11.1 Å². The van der Waals surface area contributed by atoms with Gasteiger partial charge in [0.1, 0.15) is 0 Å². The fourth-order valence-corrected chi connectivity index (χ4v) is 7.92. The quantitative estimate of drug-likeness (QED) is 0.189. The summed E-state index contributed by atoms with van der Waals surface area (Å²) in [5.41, 5.74) is 11.0. The molecule has 1 spiro atoms. The van der Waals surface area contributed by atoms with E-state index >= 15 is 0 Å². The Balaban J connectivity index is 1.38. The molecule has 0 unspecified atom stereocenters. The summed E-state index contributed by atoms with van der Waals surface area (Å²) in [7, 11) is -0.435. The van der Waals surface area contributed by atoms with E-state index in [0.717, 1.165) is 11.2 Å². The molecule has 6 aromatic rings. The van der Waals surface area contributed by atoms with Crippen LogP contribution in [0.15, 0.2) is 133 Å². The monoisotopic (exact) mass is 583 g/mol. The van der Waals surface area contributed by atoms with Crippen LogP contribution < -0.4 is 10.4 Å². The first kappa shape index (κ1) is 26.7. The Bertz CT molecular complexity index is 2090. The van der Waals surface area contributed by atoms with Crippen LogP contribution in [-0.2, 0) is 14.7 Å². The molecule has 1 saturated heterocycles. The summed E-state index contributed by atoms with van der Waals surface area (Å²) in [4.78, 5) is 2.42. The maximum absolute atomic E-state index is 6.57. The van der Waals surface area contributed by atoms with Crippen LogP contribution in [0.4, 0.5) is 17.1 Å². The predicted molar refractivity (Wildman–Crippen MR) is 185 cm³/mol. The van der Waals surface area contributed by atoms with Crippen molar-refractivity contribution in [1.82, 2.24) is 0 Å². The fraction of sp³-hybridized carbons (Fsp3) is 0.171. The van der Waals surface area contributed by atoms with E-state index in [9.17, 15) is 0 Å². The molecule has 2 heterocycles. The predicted octanol–water partition coefficient (Wildman–Crippen LogP) is 9.29. The molecular weight excluding hydrogens is 549 g/mol. The maximum atomic E-state index is 6.57. The smallest absolute Gasteiger partial charge is 0.399 e. The van der Waals surface area contributed by atoms with E-state index in [1.165, 1.54) is 55.5 Å². The molecule has 1 fully saturated rings. The second-order valence-electron chi connectivity index (χ2n) is 13.6. The van der Waals surface area contributed by atoms with E-state index < -0.39 is 23.7 Å². The molecular formula is C41H34BNO2. The lowest BCUT2D eigenvalue weighted by Crippen LogP contribution is -2.41. The molecule has 0 amide bonds. The van der Waals surface area contributed by atoms with Gasteiger partial charge >= 0.3 is 7.12 Å². The fourth-order valence-electron chi connectivity index (χ4n) is 7.92. The van der Waals surface area contributed by atoms with Crippen molar-refractivity contribution in [3.05, 3.63) is 156 Å². The highest BCUT2D eigenvalue weighted by Crippen LogP contribution is 2.64. The third kappa shape index (κ3) is 3.50. The Hall–Kier alpha value is -4.64. The van der Waals surface area contributed by atoms with Crippen LogP contribution in [0.25, 0.3) is 21.9 Å². The Labute approximate surface area is 265 Å². The summed E-state index contributed by atoms with van der Waals surface area (Å²) < 4.78 is 13.1. The number of anilines is 3. The Morgan fingerprint density at radius 1 is 0.533 bits per heavy atom. The van der Waals surface area contributed by atoms with Crippen LogP contribution in [0, 0.1) is 0 Å². The van der Waals surface area contributed by atoms with Gasteiger partial charge in [-0.2, -0.15) is 0 Å². The van der Waals surface area contributed by atoms with Gasteiger partial charge in [0, 0.05) is 5.69 Å². The molecule has 4 heteroatoms. The Morgan fingerprint density at radius 2 is 1.11 bits per heavy atom. The molecule has 3 aliphatic rings. The number of fused-ring (bicyclic) bond motifs is 11. The van der Waals surface area contributed by atoms with E-state index in [1.54, 1.807) is 0 Å². The van der Waals surface area contributed by atoms with Gasteiger partial charge in [-0.15, -0.1) is 0 Å². The third-order valence-corrected chi connectivity index (χ3v) is 10.7. The van der Waals surface area contributed by atoms with Crippen molar-refractivity contribution in [2.24, 2.45) is 0 Å². The van der Waals surface area contributed by atoms with E-state index in [2.05, 4.69) is 166 Å². The van der Waals surface area contributed by atoms with Crippen LogP contribution >= 0.6 is 0 Å². The molecule has 1 aliphatic carbocycles. The first-order chi connectivity index (χ1) is 21.8. The van der Waals surface area contributed by atoms with Crippen LogP contribution in [0.3, 0.4) is 0 Å². The van der Waals surface area contributed by atoms with Crippen molar-refractivity contribution < 1.29 is 9.31 Å². The Kier molecular flexibility index (Phi) is 5.47. The summed E-state index contributed by atoms with van der Waals surface area (Å²) in [5.74, 6) is 0. The second-order valence-corrected chi connectivity index (χ2v) is 13.6. The highest BCUT2D eigenvalue weighted by Gasteiger charge is 2.54. The first-order valence-corrected chi connectivity index (χ1v) is 15.9. The number of nitrogens with zero attached hydrogens (tertiary/aromatic N) is 1. The van der Waals surface area contributed by atoms with Crippen molar-refractivity contribution in [1.29, 1.82) is 0 Å². The minimum Gasteiger partial charge on any atom is -0.399 e. The SMILES string of the molecule is CC1(C)OB(c2ccc3c(c2)-c2c(ccc4ccccc24)C32c3ccccc3N(c3ccccc3)c3ccccc32)OC1(C)C. The van der Waals surface area contributed by atoms with Gasteiger partial charge in [0.05, 0.1) is 28.0 Å². The highest BCUT2D eigenvalue weighted by molar-refractivity contribution is 6.62. The molecule has 0 aromatic heterocycles. The van der Waals surface area contributed by atoms with E-state index in [-0.39, 0.29) is 0 Å². The van der Waals surface area contributed by atoms with Gasteiger partial charge in [-0.3, -0.25) is 0 Å². The zero-order valence-electron chi connectivity index (χ0n) is 26.0. The molecule has 3 nitrogen and oxygen atoms in total. The topological polar surface area (TPSA) is 21.7 Å². The van der Waals surface area contributed by atoms with Crippen molar-refractivity contribution >= 4 is 40.4 Å². The number of hydrogen-bond donors (Lipinski definition) is 0. The lowest BCUT2D eigenvalue weighted by atomic mass is 9.64. The largest absolute Gasteiger partial charge is 0.494 e. The zero-order chi connectivity index (χ0) is 30.6. The molecule has 2 aliphatic heterocycles. The number of para-hydroxylation sites is 3. The molecule has 0 N–H and O–H groups in total. The van der Waals surface area contributed by atoms with Crippen LogP contribution in [-0.4, -0.2) is 18.3 Å².